The number of unbranched alkanes of at least 4 members (excludes halogenated alkanes) is 1. The van der Waals surface area contributed by atoms with E-state index >= 15 is 0 Å². The third kappa shape index (κ3) is 5.03. The van der Waals surface area contributed by atoms with Gasteiger partial charge in [0.1, 0.15) is 17.3 Å². The van der Waals surface area contributed by atoms with Crippen LogP contribution >= 0.6 is 0 Å². The number of sulfonamides is 1. The van der Waals surface area contributed by atoms with Crippen LogP contribution in [0, 0.1) is 10.1 Å². The number of fused-ring (bicyclic) bond motifs is 1. The molecule has 2 aromatic carbocycles. The number of ether oxygens (including phenoxy) is 1. The molecule has 0 bridgehead atoms. The normalized spacial score (nSPS) is 15.3. The predicted octanol–water partition coefficient (Wildman–Crippen LogP) is 2.20. The van der Waals surface area contributed by atoms with Gasteiger partial charge in [-0.15, -0.1) is 0 Å². The van der Waals surface area contributed by atoms with Crippen LogP contribution in [0.3, 0.4) is 0 Å². The lowest BCUT2D eigenvalue weighted by Crippen LogP contribution is -2.47. The number of nitrogens with two attached hydrogens (primary N) is 1. The number of aromatic amines is 1. The third-order valence-corrected chi connectivity index (χ3v) is 8.01. The molecule has 3 aromatic rings. The molecule has 0 amide bonds. The van der Waals surface area contributed by atoms with Crippen molar-refractivity contribution in [3.8, 4) is 17.1 Å². The van der Waals surface area contributed by atoms with E-state index in [1.165, 1.54) is 22.5 Å². The first-order chi connectivity index (χ1) is 17.1. The molecule has 36 heavy (non-hydrogen) atoms. The molecular weight excluding hydrogens is 488 g/mol. The predicted molar refractivity (Wildman–Crippen MR) is 136 cm³/mol. The highest BCUT2D eigenvalue weighted by molar-refractivity contribution is 7.89. The zero-order valence-electron chi connectivity index (χ0n) is 20.1. The number of nitro groups is 1. The van der Waals surface area contributed by atoms with E-state index in [9.17, 15) is 23.3 Å². The lowest BCUT2D eigenvalue weighted by atomic mass is 10.1. The molecule has 1 saturated heterocycles. The van der Waals surface area contributed by atoms with E-state index in [4.69, 9.17) is 10.5 Å². The topological polar surface area (TPSA) is 165 Å². The van der Waals surface area contributed by atoms with Crippen molar-refractivity contribution >= 4 is 32.3 Å². The molecule has 1 aliphatic heterocycles. The van der Waals surface area contributed by atoms with Gasteiger partial charge in [0.15, 0.2) is 0 Å². The van der Waals surface area contributed by atoms with Crippen LogP contribution in [-0.4, -0.2) is 72.3 Å². The molecule has 1 aliphatic rings. The van der Waals surface area contributed by atoms with Gasteiger partial charge in [-0.2, -0.15) is 4.31 Å². The summed E-state index contributed by atoms with van der Waals surface area (Å²) in [7, 11) is -1.86. The highest BCUT2D eigenvalue weighted by atomic mass is 32.2. The van der Waals surface area contributed by atoms with Crippen molar-refractivity contribution < 1.29 is 18.1 Å². The maximum Gasteiger partial charge on any atom is 0.293 e. The fourth-order valence-electron chi connectivity index (χ4n) is 3.96. The summed E-state index contributed by atoms with van der Waals surface area (Å²) in [5.74, 6) is 0.431. The van der Waals surface area contributed by atoms with E-state index in [0.717, 1.165) is 18.9 Å². The average Bonchev–Trinajstić information content (AvgIpc) is 2.84. The maximum absolute atomic E-state index is 13.4. The number of aromatic nitrogens is 2. The number of rotatable bonds is 8. The summed E-state index contributed by atoms with van der Waals surface area (Å²) in [6.07, 6.45) is 1.68. The minimum absolute atomic E-state index is 0.00526. The van der Waals surface area contributed by atoms with Crippen molar-refractivity contribution in [2.45, 2.75) is 24.7 Å². The monoisotopic (exact) mass is 516 g/mol. The Balaban J connectivity index is 1.83. The summed E-state index contributed by atoms with van der Waals surface area (Å²) >= 11 is 0. The molecule has 0 saturated carbocycles. The number of benzene rings is 2. The first-order valence-corrected chi connectivity index (χ1v) is 13.0. The molecule has 0 unspecified atom stereocenters. The fourth-order valence-corrected chi connectivity index (χ4v) is 5.41. The van der Waals surface area contributed by atoms with Gasteiger partial charge in [0.05, 0.1) is 32.9 Å². The van der Waals surface area contributed by atoms with Crippen LogP contribution in [0.1, 0.15) is 19.8 Å². The van der Waals surface area contributed by atoms with Crippen LogP contribution in [0.5, 0.6) is 5.75 Å². The van der Waals surface area contributed by atoms with E-state index in [1.54, 1.807) is 6.07 Å². The highest BCUT2D eigenvalue weighted by Crippen LogP contribution is 2.33. The van der Waals surface area contributed by atoms with E-state index in [0.29, 0.717) is 38.5 Å². The summed E-state index contributed by atoms with van der Waals surface area (Å²) in [5, 5.41) is 11.2. The molecule has 0 atom stereocenters. The smallest absolute Gasteiger partial charge is 0.293 e. The molecule has 0 spiro atoms. The molecule has 192 valence electrons. The highest BCUT2D eigenvalue weighted by Gasteiger charge is 2.29. The SMILES string of the molecule is CCCCOc1ccc(S(=O)(=O)N2CCN(C)CC2)cc1-c1nc2cc(N)c([N+](=O)[O-])cc2c(=O)[nH]1. The molecule has 3 N–H and O–H groups in total. The Kier molecular flexibility index (Phi) is 7.24. The van der Waals surface area contributed by atoms with Crippen molar-refractivity contribution in [1.82, 2.24) is 19.2 Å². The van der Waals surface area contributed by atoms with Crippen molar-refractivity contribution in [1.29, 1.82) is 0 Å². The number of nitrogen functional groups attached to an aromatic ring is 1. The summed E-state index contributed by atoms with van der Waals surface area (Å²) in [6.45, 7) is 4.39. The van der Waals surface area contributed by atoms with E-state index in [-0.39, 0.29) is 32.9 Å². The minimum atomic E-state index is -3.80. The van der Waals surface area contributed by atoms with E-state index < -0.39 is 26.2 Å². The summed E-state index contributed by atoms with van der Waals surface area (Å²) in [4.78, 5) is 32.6. The van der Waals surface area contributed by atoms with Gasteiger partial charge < -0.3 is 20.4 Å². The molecule has 0 radical (unpaired) electrons. The molecule has 0 aliphatic carbocycles. The van der Waals surface area contributed by atoms with Crippen LogP contribution in [0.4, 0.5) is 11.4 Å². The van der Waals surface area contributed by atoms with Crippen LogP contribution < -0.4 is 16.0 Å². The van der Waals surface area contributed by atoms with Crippen LogP contribution in [0.15, 0.2) is 40.0 Å². The van der Waals surface area contributed by atoms with Crippen molar-refractivity contribution in [2.24, 2.45) is 0 Å². The van der Waals surface area contributed by atoms with Crippen LogP contribution in [-0.2, 0) is 10.0 Å². The molecule has 1 fully saturated rings. The molecule has 13 heteroatoms. The second-order valence-electron chi connectivity index (χ2n) is 8.67. The average molecular weight is 517 g/mol. The standard InChI is InChI=1S/C23H28N6O6S/c1-3-4-11-35-21-6-5-15(36(33,34)28-9-7-27(2)8-10-28)12-17(21)22-25-19-14-18(24)20(29(31)32)13-16(19)23(30)26-22/h5-6,12-14H,3-4,7-11,24H2,1-2H3,(H,25,26,30). The molecule has 2 heterocycles. The van der Waals surface area contributed by atoms with Gasteiger partial charge in [-0.25, -0.2) is 13.4 Å². The zero-order chi connectivity index (χ0) is 26.0. The Hall–Kier alpha value is -3.55. The number of hydrogen-bond donors (Lipinski definition) is 2. The fraction of sp³-hybridized carbons (Fsp3) is 0.391. The molecule has 1 aromatic heterocycles. The third-order valence-electron chi connectivity index (χ3n) is 6.11. The lowest BCUT2D eigenvalue weighted by molar-refractivity contribution is -0.383. The Morgan fingerprint density at radius 3 is 2.58 bits per heavy atom. The van der Waals surface area contributed by atoms with Gasteiger partial charge in [-0.05, 0) is 37.7 Å². The van der Waals surface area contributed by atoms with Gasteiger partial charge >= 0.3 is 0 Å². The number of hydrogen-bond acceptors (Lipinski definition) is 9. The summed E-state index contributed by atoms with van der Waals surface area (Å²) in [6, 6.07) is 6.82. The second-order valence-corrected chi connectivity index (χ2v) is 10.6. The quantitative estimate of drug-likeness (QED) is 0.198. The number of likely N-dealkylation sites (N-methyl/N-ethyl adjacent to an activating group) is 1. The van der Waals surface area contributed by atoms with Gasteiger partial charge in [0.25, 0.3) is 11.2 Å². The lowest BCUT2D eigenvalue weighted by Gasteiger charge is -2.31. The van der Waals surface area contributed by atoms with Crippen LogP contribution in [0.2, 0.25) is 0 Å². The van der Waals surface area contributed by atoms with Crippen LogP contribution in [0.25, 0.3) is 22.3 Å². The Morgan fingerprint density at radius 2 is 1.92 bits per heavy atom. The van der Waals surface area contributed by atoms with Crippen molar-refractivity contribution in [3.63, 3.8) is 0 Å². The number of nitro benzene ring substituents is 1. The minimum Gasteiger partial charge on any atom is -0.493 e. The number of anilines is 1. The van der Waals surface area contributed by atoms with E-state index in [2.05, 4.69) is 14.9 Å². The van der Waals surface area contributed by atoms with Gasteiger partial charge in [0, 0.05) is 32.2 Å². The van der Waals surface area contributed by atoms with Gasteiger partial charge in [-0.1, -0.05) is 13.3 Å². The first kappa shape index (κ1) is 25.5. The first-order valence-electron chi connectivity index (χ1n) is 11.6. The van der Waals surface area contributed by atoms with Crippen molar-refractivity contribution in [3.05, 3.63) is 50.8 Å². The largest absolute Gasteiger partial charge is 0.493 e. The molecule has 4 rings (SSSR count). The Morgan fingerprint density at radius 1 is 1.19 bits per heavy atom. The number of nitrogens with zero attached hydrogens (tertiary/aromatic N) is 4. The summed E-state index contributed by atoms with van der Waals surface area (Å²) in [5.41, 5.74) is 5.08. The summed E-state index contributed by atoms with van der Waals surface area (Å²) < 4.78 is 34.1. The maximum atomic E-state index is 13.4. The molecular formula is C23H28N6O6S. The zero-order valence-corrected chi connectivity index (χ0v) is 20.9. The van der Waals surface area contributed by atoms with E-state index in [1.807, 2.05) is 14.0 Å². The molecule has 12 nitrogen and oxygen atoms in total. The van der Waals surface area contributed by atoms with Gasteiger partial charge in [0.2, 0.25) is 10.0 Å². The Bertz CT molecular complexity index is 1460. The second kappa shape index (κ2) is 10.2. The Labute approximate surface area is 207 Å². The number of nitrogens with one attached hydrogen (secondary N) is 1. The van der Waals surface area contributed by atoms with Gasteiger partial charge in [-0.3, -0.25) is 14.9 Å². The van der Waals surface area contributed by atoms with Crippen molar-refractivity contribution in [2.75, 3.05) is 45.6 Å². The number of piperazine rings is 1. The number of H-pyrrole nitrogens is 1.